The predicted octanol–water partition coefficient (Wildman–Crippen LogP) is 8.65. The molecule has 198 valence electrons. The number of phenolic OH excluding ortho intramolecular Hbond substituents is 1. The molecule has 2 atom stereocenters. The Kier molecular flexibility index (Phi) is 8.70. The second-order valence-corrected chi connectivity index (χ2v) is 12.5. The molecule has 0 radical (unpaired) electrons. The Balaban J connectivity index is 1.48. The zero-order valence-electron chi connectivity index (χ0n) is 22.2. The van der Waals surface area contributed by atoms with Gasteiger partial charge in [0.25, 0.3) is 0 Å². The average molecular weight is 543 g/mol. The lowest BCUT2D eigenvalue weighted by Gasteiger charge is -2.30. The van der Waals surface area contributed by atoms with Crippen LogP contribution in [0.5, 0.6) is 11.5 Å². The topological polar surface area (TPSA) is 65.0 Å². The van der Waals surface area contributed by atoms with Crippen molar-refractivity contribution in [3.63, 3.8) is 0 Å². The molecule has 1 aliphatic rings. The van der Waals surface area contributed by atoms with E-state index in [9.17, 15) is 9.67 Å². The summed E-state index contributed by atoms with van der Waals surface area (Å²) in [4.78, 5) is 0. The average Bonchev–Trinajstić information content (AvgIpc) is 2.85. The molecular weight excluding hydrogens is 507 g/mol. The van der Waals surface area contributed by atoms with Crippen LogP contribution in [0, 0.1) is 13.8 Å². The van der Waals surface area contributed by atoms with Crippen LogP contribution >= 0.6 is 19.2 Å². The minimum absolute atomic E-state index is 0.155. The standard InChI is InChI=1S/C30H36ClO5P/c1-6-23-14-22(15-27(19(2)3)30(23)32)16-28-20(4)12-26(13-21(28)5)34-18-37(33)35-11-10-29(36-37)24-8-7-9-25(31)17-24/h7-9,12-15,17,19,29,32H,6,10-11,16,18H2,1-5H3/t29?,37-/m1/s1. The monoisotopic (exact) mass is 542 g/mol. The lowest BCUT2D eigenvalue weighted by atomic mass is 9.90. The highest BCUT2D eigenvalue weighted by Gasteiger charge is 2.35. The summed E-state index contributed by atoms with van der Waals surface area (Å²) in [6.45, 7) is 10.7. The molecule has 1 heterocycles. The maximum Gasteiger partial charge on any atom is 0.368 e. The molecule has 1 fully saturated rings. The Morgan fingerprint density at radius 2 is 1.86 bits per heavy atom. The van der Waals surface area contributed by atoms with E-state index in [1.54, 1.807) is 6.07 Å². The van der Waals surface area contributed by atoms with Crippen molar-refractivity contribution in [1.82, 2.24) is 0 Å². The fraction of sp³-hybridized carbons (Fsp3) is 0.400. The highest BCUT2D eigenvalue weighted by Crippen LogP contribution is 2.56. The van der Waals surface area contributed by atoms with Crippen LogP contribution in [0.1, 0.15) is 78.2 Å². The third kappa shape index (κ3) is 6.59. The molecule has 4 rings (SSSR count). The molecule has 0 saturated carbocycles. The first-order valence-corrected chi connectivity index (χ1v) is 14.9. The predicted molar refractivity (Wildman–Crippen MR) is 149 cm³/mol. The van der Waals surface area contributed by atoms with Crippen LogP contribution in [0.3, 0.4) is 0 Å². The van der Waals surface area contributed by atoms with Gasteiger partial charge in [-0.3, -0.25) is 9.09 Å². The zero-order chi connectivity index (χ0) is 26.7. The Morgan fingerprint density at radius 1 is 1.14 bits per heavy atom. The fourth-order valence-electron chi connectivity index (χ4n) is 4.85. The fourth-order valence-corrected chi connectivity index (χ4v) is 6.55. The summed E-state index contributed by atoms with van der Waals surface area (Å²) >= 11 is 6.12. The summed E-state index contributed by atoms with van der Waals surface area (Å²) in [5.74, 6) is 1.29. The van der Waals surface area contributed by atoms with Gasteiger partial charge in [-0.2, -0.15) is 0 Å². The van der Waals surface area contributed by atoms with E-state index in [-0.39, 0.29) is 18.4 Å². The molecule has 0 spiro atoms. The van der Waals surface area contributed by atoms with E-state index in [2.05, 4.69) is 46.8 Å². The van der Waals surface area contributed by atoms with E-state index in [0.717, 1.165) is 40.7 Å². The lowest BCUT2D eigenvalue weighted by molar-refractivity contribution is 0.0725. The van der Waals surface area contributed by atoms with Crippen molar-refractivity contribution >= 4 is 19.2 Å². The van der Waals surface area contributed by atoms with Crippen molar-refractivity contribution in [3.8, 4) is 11.5 Å². The molecule has 1 unspecified atom stereocenters. The molecule has 0 aromatic heterocycles. The Labute approximate surface area is 225 Å². The second kappa shape index (κ2) is 11.6. The molecular formula is C30H36ClO5P. The maximum atomic E-state index is 13.3. The van der Waals surface area contributed by atoms with Gasteiger partial charge in [0.2, 0.25) is 0 Å². The van der Waals surface area contributed by atoms with Crippen molar-refractivity contribution in [1.29, 1.82) is 0 Å². The van der Waals surface area contributed by atoms with Crippen molar-refractivity contribution in [2.75, 3.05) is 13.0 Å². The summed E-state index contributed by atoms with van der Waals surface area (Å²) in [5, 5.41) is 11.2. The van der Waals surface area contributed by atoms with E-state index < -0.39 is 7.60 Å². The van der Waals surface area contributed by atoms with Gasteiger partial charge in [-0.05, 0) is 95.8 Å². The van der Waals surface area contributed by atoms with Gasteiger partial charge in [0.1, 0.15) is 11.5 Å². The molecule has 37 heavy (non-hydrogen) atoms. The lowest BCUT2D eigenvalue weighted by Crippen LogP contribution is -2.17. The first kappa shape index (κ1) is 27.7. The van der Waals surface area contributed by atoms with Gasteiger partial charge >= 0.3 is 7.60 Å². The van der Waals surface area contributed by atoms with Crippen molar-refractivity contribution in [2.45, 2.75) is 65.9 Å². The van der Waals surface area contributed by atoms with E-state index in [0.29, 0.717) is 29.5 Å². The SMILES string of the molecule is CCc1cc(Cc2c(C)cc(OC[P@@]3(=O)OCCC(c4cccc(Cl)c4)O3)cc2C)cc(C(C)C)c1O. The van der Waals surface area contributed by atoms with Gasteiger partial charge < -0.3 is 14.4 Å². The molecule has 1 saturated heterocycles. The van der Waals surface area contributed by atoms with E-state index in [4.69, 9.17) is 25.4 Å². The Bertz CT molecular complexity index is 1300. The number of hydrogen-bond donors (Lipinski definition) is 1. The smallest absolute Gasteiger partial charge is 0.368 e. The third-order valence-electron chi connectivity index (χ3n) is 6.90. The molecule has 3 aromatic rings. The van der Waals surface area contributed by atoms with Gasteiger partial charge in [0, 0.05) is 11.4 Å². The number of aryl methyl sites for hydroxylation is 3. The van der Waals surface area contributed by atoms with E-state index in [1.807, 2.05) is 30.3 Å². The van der Waals surface area contributed by atoms with E-state index in [1.165, 1.54) is 11.1 Å². The number of benzene rings is 3. The van der Waals surface area contributed by atoms with Gasteiger partial charge in [-0.1, -0.05) is 56.6 Å². The minimum Gasteiger partial charge on any atom is -0.507 e. The summed E-state index contributed by atoms with van der Waals surface area (Å²) in [6, 6.07) is 15.6. The summed E-state index contributed by atoms with van der Waals surface area (Å²) in [6.07, 6.45) is 1.65. The second-order valence-electron chi connectivity index (χ2n) is 10.1. The molecule has 1 N–H and O–H groups in total. The van der Waals surface area contributed by atoms with Crippen molar-refractivity contribution in [3.05, 3.63) is 92.5 Å². The first-order chi connectivity index (χ1) is 17.6. The third-order valence-corrected chi connectivity index (χ3v) is 8.73. The normalized spacial score (nSPS) is 19.8. The quantitative estimate of drug-likeness (QED) is 0.288. The van der Waals surface area contributed by atoms with Crippen LogP contribution in [0.25, 0.3) is 0 Å². The van der Waals surface area contributed by atoms with Gasteiger partial charge in [-0.25, -0.2) is 0 Å². The van der Waals surface area contributed by atoms with Crippen molar-refractivity contribution in [2.24, 2.45) is 0 Å². The molecule has 1 aliphatic heterocycles. The largest absolute Gasteiger partial charge is 0.507 e. The molecule has 3 aromatic carbocycles. The molecule has 0 bridgehead atoms. The molecule has 5 nitrogen and oxygen atoms in total. The number of phenols is 1. The Morgan fingerprint density at radius 3 is 2.51 bits per heavy atom. The number of rotatable bonds is 8. The summed E-state index contributed by atoms with van der Waals surface area (Å²) in [5.41, 5.74) is 7.42. The number of hydrogen-bond acceptors (Lipinski definition) is 5. The number of ether oxygens (including phenoxy) is 1. The van der Waals surface area contributed by atoms with E-state index >= 15 is 0 Å². The van der Waals surface area contributed by atoms with Crippen LogP contribution < -0.4 is 4.74 Å². The summed E-state index contributed by atoms with van der Waals surface area (Å²) < 4.78 is 30.7. The summed E-state index contributed by atoms with van der Waals surface area (Å²) in [7, 11) is -3.43. The van der Waals surface area contributed by atoms with Crippen LogP contribution in [0.2, 0.25) is 5.02 Å². The molecule has 0 aliphatic carbocycles. The Hall–Kier alpha value is -2.30. The minimum atomic E-state index is -3.43. The molecule has 7 heteroatoms. The van der Waals surface area contributed by atoms with Gasteiger partial charge in [0.15, 0.2) is 6.35 Å². The first-order valence-electron chi connectivity index (χ1n) is 12.8. The highest BCUT2D eigenvalue weighted by atomic mass is 35.5. The van der Waals surface area contributed by atoms with Crippen molar-refractivity contribution < 1.29 is 23.5 Å². The zero-order valence-corrected chi connectivity index (χ0v) is 23.9. The highest BCUT2D eigenvalue weighted by molar-refractivity contribution is 7.53. The van der Waals surface area contributed by atoms with Crippen LogP contribution in [-0.4, -0.2) is 18.1 Å². The van der Waals surface area contributed by atoms with Crippen LogP contribution in [0.15, 0.2) is 48.5 Å². The van der Waals surface area contributed by atoms with Gasteiger partial charge in [-0.15, -0.1) is 0 Å². The molecule has 0 amide bonds. The van der Waals surface area contributed by atoms with Crippen LogP contribution in [0.4, 0.5) is 0 Å². The van der Waals surface area contributed by atoms with Gasteiger partial charge in [0.05, 0.1) is 12.7 Å². The maximum absolute atomic E-state index is 13.3. The number of halogens is 1. The van der Waals surface area contributed by atoms with Crippen LogP contribution in [-0.2, 0) is 26.5 Å². The number of aromatic hydroxyl groups is 1.